The summed E-state index contributed by atoms with van der Waals surface area (Å²) in [4.78, 5) is 26.0. The van der Waals surface area contributed by atoms with Crippen molar-refractivity contribution >= 4 is 23.2 Å². The highest BCUT2D eigenvalue weighted by molar-refractivity contribution is 6.04. The van der Waals surface area contributed by atoms with Crippen LogP contribution in [0.15, 0.2) is 55.0 Å². The standard InChI is InChI=1S/C34H37F3N8O2/c1-23-5-7-27(32(46)41-29-10-9-28(30(18-29)34(35,36)37)22-44-13-11-43(3)12-14-44)17-26(23)8-6-25-19-38-33(39-20-25)42-31-21-40-45(24(31)2)15-16-47-4/h5,7,9-10,17-21H,11-16,22H2,1-4H3,(H,41,46)(H,38,39,42). The number of carbonyl (C=O) groups excluding carboxylic acids is 1. The lowest BCUT2D eigenvalue weighted by molar-refractivity contribution is -0.138. The molecule has 1 fully saturated rings. The van der Waals surface area contributed by atoms with E-state index in [1.165, 1.54) is 12.1 Å². The summed E-state index contributed by atoms with van der Waals surface area (Å²) >= 11 is 0. The number of carbonyl (C=O) groups is 1. The number of methoxy groups -OCH3 is 1. The highest BCUT2D eigenvalue weighted by Gasteiger charge is 2.34. The lowest BCUT2D eigenvalue weighted by Gasteiger charge is -2.33. The Balaban J connectivity index is 1.26. The van der Waals surface area contributed by atoms with Crippen molar-refractivity contribution in [3.05, 3.63) is 94.1 Å². The molecule has 10 nitrogen and oxygen atoms in total. The number of halogens is 3. The number of hydrogen-bond donors (Lipinski definition) is 2. The quantitative estimate of drug-likeness (QED) is 0.243. The summed E-state index contributed by atoms with van der Waals surface area (Å²) in [6.45, 7) is 8.18. The Kier molecular flexibility index (Phi) is 10.6. The van der Waals surface area contributed by atoms with E-state index >= 15 is 0 Å². The van der Waals surface area contributed by atoms with E-state index in [1.54, 1.807) is 43.9 Å². The zero-order chi connectivity index (χ0) is 33.6. The van der Waals surface area contributed by atoms with Crippen molar-refractivity contribution in [3.63, 3.8) is 0 Å². The fraction of sp³-hybridized carbons (Fsp3) is 0.353. The number of likely N-dealkylation sites (N-methyl/N-ethyl adjacent to an activating group) is 1. The minimum atomic E-state index is -4.56. The summed E-state index contributed by atoms with van der Waals surface area (Å²) in [5, 5.41) is 10.1. The van der Waals surface area contributed by atoms with Crippen molar-refractivity contribution in [3.8, 4) is 11.8 Å². The number of piperazine rings is 1. The number of nitrogens with one attached hydrogen (secondary N) is 2. The molecule has 0 unspecified atom stereocenters. The van der Waals surface area contributed by atoms with Crippen LogP contribution in [0.4, 0.5) is 30.5 Å². The maximum atomic E-state index is 14.0. The Morgan fingerprint density at radius 1 is 1.00 bits per heavy atom. The van der Waals surface area contributed by atoms with Gasteiger partial charge in [-0.3, -0.25) is 14.4 Å². The number of benzene rings is 2. The lowest BCUT2D eigenvalue weighted by atomic mass is 10.0. The van der Waals surface area contributed by atoms with Crippen LogP contribution >= 0.6 is 0 Å². The highest BCUT2D eigenvalue weighted by Crippen LogP contribution is 2.35. The fourth-order valence-electron chi connectivity index (χ4n) is 5.09. The van der Waals surface area contributed by atoms with Crippen LogP contribution in [0.5, 0.6) is 0 Å². The molecule has 246 valence electrons. The normalized spacial score (nSPS) is 14.0. The molecule has 0 atom stereocenters. The van der Waals surface area contributed by atoms with E-state index in [0.717, 1.165) is 36.1 Å². The number of aryl methyl sites for hydroxylation is 1. The third-order valence-corrected chi connectivity index (χ3v) is 8.01. The van der Waals surface area contributed by atoms with Gasteiger partial charge >= 0.3 is 6.18 Å². The molecule has 5 rings (SSSR count). The van der Waals surface area contributed by atoms with Crippen LogP contribution in [-0.2, 0) is 24.0 Å². The SMILES string of the molecule is COCCn1ncc(Nc2ncc(C#Cc3cc(C(=O)Nc4ccc(CN5CCN(C)CC5)c(C(F)(F)F)c4)ccc3C)cn2)c1C. The van der Waals surface area contributed by atoms with Crippen molar-refractivity contribution in [1.82, 2.24) is 29.5 Å². The van der Waals surface area contributed by atoms with Crippen LogP contribution in [0, 0.1) is 25.7 Å². The lowest BCUT2D eigenvalue weighted by Crippen LogP contribution is -2.44. The predicted molar refractivity (Wildman–Crippen MR) is 173 cm³/mol. The maximum absolute atomic E-state index is 14.0. The van der Waals surface area contributed by atoms with E-state index < -0.39 is 17.6 Å². The number of hydrogen-bond acceptors (Lipinski definition) is 8. The Morgan fingerprint density at radius 2 is 1.74 bits per heavy atom. The number of amides is 1. The second kappa shape index (κ2) is 14.8. The average Bonchev–Trinajstić information content (AvgIpc) is 3.39. The van der Waals surface area contributed by atoms with E-state index in [0.29, 0.717) is 43.3 Å². The second-order valence-electron chi connectivity index (χ2n) is 11.5. The summed E-state index contributed by atoms with van der Waals surface area (Å²) in [5.41, 5.74) is 3.47. The Morgan fingerprint density at radius 3 is 2.45 bits per heavy atom. The Hall–Kier alpha value is -4.77. The Labute approximate surface area is 272 Å². The van der Waals surface area contributed by atoms with E-state index in [4.69, 9.17) is 4.74 Å². The van der Waals surface area contributed by atoms with Gasteiger partial charge in [0.1, 0.15) is 0 Å². The highest BCUT2D eigenvalue weighted by atomic mass is 19.4. The minimum Gasteiger partial charge on any atom is -0.383 e. The first-order valence-electron chi connectivity index (χ1n) is 15.2. The zero-order valence-electron chi connectivity index (χ0n) is 26.8. The predicted octanol–water partition coefficient (Wildman–Crippen LogP) is 5.10. The van der Waals surface area contributed by atoms with Gasteiger partial charge in [-0.15, -0.1) is 0 Å². The summed E-state index contributed by atoms with van der Waals surface area (Å²) in [6.07, 6.45) is 0.322. The monoisotopic (exact) mass is 646 g/mol. The van der Waals surface area contributed by atoms with Gasteiger partial charge < -0.3 is 20.3 Å². The van der Waals surface area contributed by atoms with E-state index in [9.17, 15) is 18.0 Å². The molecule has 13 heteroatoms. The van der Waals surface area contributed by atoms with E-state index in [-0.39, 0.29) is 23.4 Å². The van der Waals surface area contributed by atoms with E-state index in [2.05, 4.69) is 42.4 Å². The molecule has 1 aliphatic rings. The summed E-state index contributed by atoms with van der Waals surface area (Å²) in [7, 11) is 3.64. The molecule has 2 N–H and O–H groups in total. The van der Waals surface area contributed by atoms with Gasteiger partial charge in [0, 0.05) is 69.0 Å². The molecule has 4 aromatic rings. The number of alkyl halides is 3. The molecule has 0 saturated carbocycles. The topological polar surface area (TPSA) is 100 Å². The van der Waals surface area contributed by atoms with Crippen molar-refractivity contribution in [2.24, 2.45) is 0 Å². The van der Waals surface area contributed by atoms with Crippen LogP contribution in [0.2, 0.25) is 0 Å². The first-order chi connectivity index (χ1) is 22.5. The summed E-state index contributed by atoms with van der Waals surface area (Å²) in [5.74, 6) is 5.93. The number of rotatable bonds is 9. The molecule has 1 saturated heterocycles. The molecule has 2 aromatic heterocycles. The van der Waals surface area contributed by atoms with Gasteiger partial charge in [-0.25, -0.2) is 9.97 Å². The summed E-state index contributed by atoms with van der Waals surface area (Å²) in [6, 6.07) is 8.95. The first kappa shape index (κ1) is 33.6. The van der Waals surface area contributed by atoms with Gasteiger partial charge in [0.15, 0.2) is 0 Å². The third kappa shape index (κ3) is 8.74. The smallest absolute Gasteiger partial charge is 0.383 e. The molecule has 47 heavy (non-hydrogen) atoms. The largest absolute Gasteiger partial charge is 0.416 e. The zero-order valence-corrected chi connectivity index (χ0v) is 26.8. The minimum absolute atomic E-state index is 0.0704. The fourth-order valence-corrected chi connectivity index (χ4v) is 5.09. The molecule has 0 spiro atoms. The molecule has 2 aromatic carbocycles. The van der Waals surface area contributed by atoms with Gasteiger partial charge in [0.2, 0.25) is 5.95 Å². The van der Waals surface area contributed by atoms with Gasteiger partial charge in [-0.1, -0.05) is 24.0 Å². The van der Waals surface area contributed by atoms with Crippen molar-refractivity contribution in [2.75, 3.05) is 57.6 Å². The Bertz CT molecular complexity index is 1770. The van der Waals surface area contributed by atoms with Crippen LogP contribution < -0.4 is 10.6 Å². The molecule has 1 amide bonds. The number of ether oxygens (including phenoxy) is 1. The van der Waals surface area contributed by atoms with Crippen molar-refractivity contribution < 1.29 is 22.7 Å². The van der Waals surface area contributed by atoms with Crippen LogP contribution in [-0.4, -0.2) is 82.4 Å². The molecular weight excluding hydrogens is 609 g/mol. The van der Waals surface area contributed by atoms with Crippen molar-refractivity contribution in [1.29, 1.82) is 0 Å². The van der Waals surface area contributed by atoms with E-state index in [1.807, 2.05) is 30.5 Å². The average molecular weight is 647 g/mol. The maximum Gasteiger partial charge on any atom is 0.416 e. The third-order valence-electron chi connectivity index (χ3n) is 8.01. The van der Waals surface area contributed by atoms with Crippen LogP contribution in [0.25, 0.3) is 0 Å². The molecule has 3 heterocycles. The van der Waals surface area contributed by atoms with Crippen LogP contribution in [0.1, 0.15) is 43.9 Å². The van der Waals surface area contributed by atoms with Crippen LogP contribution in [0.3, 0.4) is 0 Å². The van der Waals surface area contributed by atoms with Gasteiger partial charge in [-0.05, 0) is 56.3 Å². The second-order valence-corrected chi connectivity index (χ2v) is 11.5. The summed E-state index contributed by atoms with van der Waals surface area (Å²) < 4.78 is 49.0. The number of nitrogens with zero attached hydrogens (tertiary/aromatic N) is 6. The molecule has 0 bridgehead atoms. The van der Waals surface area contributed by atoms with Gasteiger partial charge in [0.05, 0.1) is 41.9 Å². The molecule has 1 aliphatic heterocycles. The molecule has 0 radical (unpaired) electrons. The van der Waals surface area contributed by atoms with Crippen molar-refractivity contribution in [2.45, 2.75) is 33.1 Å². The number of anilines is 3. The molecule has 0 aliphatic carbocycles. The van der Waals surface area contributed by atoms with Gasteiger partial charge in [0.25, 0.3) is 5.91 Å². The molecular formula is C34H37F3N8O2. The van der Waals surface area contributed by atoms with Gasteiger partial charge in [-0.2, -0.15) is 18.3 Å². The first-order valence-corrected chi connectivity index (χ1v) is 15.2. The number of aromatic nitrogens is 4.